The lowest BCUT2D eigenvalue weighted by molar-refractivity contribution is -0.170. The van der Waals surface area contributed by atoms with Crippen LogP contribution in [-0.4, -0.2) is 18.5 Å². The van der Waals surface area contributed by atoms with Crippen molar-refractivity contribution in [3.8, 4) is 0 Å². The van der Waals surface area contributed by atoms with E-state index >= 15 is 0 Å². The number of carbonyl (C=O) groups is 2. The number of ether oxygens (including phenoxy) is 2. The Labute approximate surface area is 261 Å². The average molecular weight is 657 g/mol. The van der Waals surface area contributed by atoms with E-state index in [2.05, 4.69) is 0 Å². The summed E-state index contributed by atoms with van der Waals surface area (Å²) in [5, 5.41) is 0.852. The zero-order valence-electron chi connectivity index (χ0n) is 20.5. The zero-order chi connectivity index (χ0) is 29.0. The van der Waals surface area contributed by atoms with Crippen LogP contribution in [-0.2, 0) is 33.3 Å². The van der Waals surface area contributed by atoms with E-state index in [9.17, 15) is 9.59 Å². The number of hydrogen-bond donors (Lipinski definition) is 0. The molecule has 40 heavy (non-hydrogen) atoms. The van der Waals surface area contributed by atoms with Crippen LogP contribution in [0.3, 0.4) is 0 Å². The second-order valence-corrected chi connectivity index (χ2v) is 12.2. The molecule has 4 nitrogen and oxygen atoms in total. The first-order chi connectivity index (χ1) is 19.0. The molecule has 0 amide bonds. The molecule has 0 saturated carbocycles. The van der Waals surface area contributed by atoms with E-state index in [4.69, 9.17) is 79.1 Å². The van der Waals surface area contributed by atoms with Gasteiger partial charge in [0.2, 0.25) is 8.67 Å². The molecule has 0 unspecified atom stereocenters. The number of hydrogen-bond acceptors (Lipinski definition) is 4. The van der Waals surface area contributed by atoms with Crippen molar-refractivity contribution in [2.24, 2.45) is 0 Å². The van der Waals surface area contributed by atoms with Gasteiger partial charge < -0.3 is 9.47 Å². The van der Waals surface area contributed by atoms with Crippen LogP contribution in [0, 0.1) is 0 Å². The summed E-state index contributed by atoms with van der Waals surface area (Å²) >= 11 is 38.3. The van der Waals surface area contributed by atoms with Gasteiger partial charge in [0, 0.05) is 21.2 Å². The normalized spacial score (nSPS) is 12.1. The van der Waals surface area contributed by atoms with Gasteiger partial charge in [-0.15, -0.1) is 0 Å². The van der Waals surface area contributed by atoms with Gasteiger partial charge in [-0.1, -0.05) is 155 Å². The van der Waals surface area contributed by atoms with Crippen molar-refractivity contribution in [1.82, 2.24) is 0 Å². The summed E-state index contributed by atoms with van der Waals surface area (Å²) in [7, 11) is 0. The summed E-state index contributed by atoms with van der Waals surface area (Å²) in [6.07, 6.45) is 0. The van der Waals surface area contributed by atoms with Gasteiger partial charge >= 0.3 is 11.9 Å². The monoisotopic (exact) mass is 654 g/mol. The second-order valence-electron chi connectivity index (χ2n) is 8.69. The summed E-state index contributed by atoms with van der Waals surface area (Å²) in [5.41, 5.74) is -0.398. The Balaban J connectivity index is 1.80. The van der Waals surface area contributed by atoms with Crippen LogP contribution in [0.15, 0.2) is 109 Å². The highest BCUT2D eigenvalue weighted by Crippen LogP contribution is 2.43. The second kappa shape index (κ2) is 12.6. The maximum absolute atomic E-state index is 13.7. The minimum absolute atomic E-state index is 0.283. The van der Waals surface area contributed by atoms with Gasteiger partial charge in [-0.3, -0.25) is 0 Å². The van der Waals surface area contributed by atoms with E-state index in [1.165, 1.54) is 0 Å². The van der Waals surface area contributed by atoms with E-state index in [0.717, 1.165) is 0 Å². The van der Waals surface area contributed by atoms with Gasteiger partial charge in [0.05, 0.1) is 0 Å². The third-order valence-corrected chi connectivity index (χ3v) is 8.07. The molecule has 4 aromatic carbocycles. The molecule has 4 aromatic rings. The highest BCUT2D eigenvalue weighted by atomic mass is 35.5. The number of carbonyl (C=O) groups excluding carboxylic acids is 2. The summed E-state index contributed by atoms with van der Waals surface area (Å²) < 4.78 is 7.65. The van der Waals surface area contributed by atoms with E-state index in [1.807, 2.05) is 0 Å². The smallest absolute Gasteiger partial charge is 0.348 e. The summed E-state index contributed by atoms with van der Waals surface area (Å²) in [5.74, 6) is -2.01. The Morgan fingerprint density at radius 3 is 1.30 bits per heavy atom. The molecule has 0 aliphatic heterocycles. The standard InChI is InChI=1S/C30H20Cl6O4/c31-24-15-11-20(12-16-24)28(21-13-17-25(32)18-14-21,40-27(38)30(35,36)23-9-5-2-6-10-23)19-39-26(37)29(33,34)22-7-3-1-4-8-22/h1-18H,19H2. The predicted molar refractivity (Wildman–Crippen MR) is 160 cm³/mol. The quantitative estimate of drug-likeness (QED) is 0.133. The van der Waals surface area contributed by atoms with Gasteiger partial charge in [0.25, 0.3) is 0 Å². The number of halogens is 6. The molecular weight excluding hydrogens is 637 g/mol. The topological polar surface area (TPSA) is 52.6 Å². The van der Waals surface area contributed by atoms with Crippen LogP contribution in [0.25, 0.3) is 0 Å². The maximum Gasteiger partial charge on any atom is 0.348 e. The Hall–Kier alpha value is -2.44. The van der Waals surface area contributed by atoms with Gasteiger partial charge in [-0.05, 0) is 35.4 Å². The molecule has 0 spiro atoms. The molecule has 0 heterocycles. The minimum Gasteiger partial charge on any atom is -0.458 e. The van der Waals surface area contributed by atoms with Crippen LogP contribution in [0.4, 0.5) is 0 Å². The number of benzene rings is 4. The van der Waals surface area contributed by atoms with Crippen molar-refractivity contribution >= 4 is 81.5 Å². The van der Waals surface area contributed by atoms with Crippen molar-refractivity contribution < 1.29 is 19.1 Å². The fourth-order valence-corrected chi connectivity index (χ4v) is 4.87. The predicted octanol–water partition coefficient (Wildman–Crippen LogP) is 8.98. The van der Waals surface area contributed by atoms with Crippen molar-refractivity contribution in [3.05, 3.63) is 141 Å². The van der Waals surface area contributed by atoms with Crippen LogP contribution < -0.4 is 0 Å². The average Bonchev–Trinajstić information content (AvgIpc) is 2.96. The van der Waals surface area contributed by atoms with Crippen molar-refractivity contribution in [3.63, 3.8) is 0 Å². The molecule has 0 saturated heterocycles. The number of rotatable bonds is 9. The molecular formula is C30H20Cl6O4. The Morgan fingerprint density at radius 1 is 0.525 bits per heavy atom. The van der Waals surface area contributed by atoms with Crippen molar-refractivity contribution in [1.29, 1.82) is 0 Å². The van der Waals surface area contributed by atoms with Gasteiger partial charge in [0.1, 0.15) is 6.61 Å². The van der Waals surface area contributed by atoms with E-state index in [1.54, 1.807) is 109 Å². The first kappa shape index (κ1) is 30.5. The minimum atomic E-state index is -2.11. The number of alkyl halides is 4. The molecule has 0 N–H and O–H groups in total. The lowest BCUT2D eigenvalue weighted by Crippen LogP contribution is -2.43. The highest BCUT2D eigenvalue weighted by Gasteiger charge is 2.48. The van der Waals surface area contributed by atoms with E-state index in [0.29, 0.717) is 26.7 Å². The fourth-order valence-electron chi connectivity index (χ4n) is 3.93. The van der Waals surface area contributed by atoms with Gasteiger partial charge in [-0.2, -0.15) is 0 Å². The largest absolute Gasteiger partial charge is 0.458 e. The van der Waals surface area contributed by atoms with E-state index in [-0.39, 0.29) is 5.56 Å². The summed E-state index contributed by atoms with van der Waals surface area (Å²) in [6, 6.07) is 29.4. The van der Waals surface area contributed by atoms with Crippen molar-refractivity contribution in [2.75, 3.05) is 6.61 Å². The van der Waals surface area contributed by atoms with Gasteiger partial charge in [0.15, 0.2) is 5.60 Å². The van der Waals surface area contributed by atoms with E-state index < -0.39 is 32.8 Å². The molecule has 4 rings (SSSR count). The lowest BCUT2D eigenvalue weighted by Gasteiger charge is -2.36. The third kappa shape index (κ3) is 6.54. The number of esters is 2. The first-order valence-electron chi connectivity index (χ1n) is 11.8. The maximum atomic E-state index is 13.7. The third-order valence-electron chi connectivity index (χ3n) is 6.08. The SMILES string of the molecule is O=C(OCC(OC(=O)C(Cl)(Cl)c1ccccc1)(c1ccc(Cl)cc1)c1ccc(Cl)cc1)C(Cl)(Cl)c1ccccc1. The van der Waals surface area contributed by atoms with Crippen LogP contribution in [0.5, 0.6) is 0 Å². The molecule has 0 bridgehead atoms. The molecule has 0 aliphatic carbocycles. The van der Waals surface area contributed by atoms with Crippen LogP contribution in [0.2, 0.25) is 10.0 Å². The Kier molecular flexibility index (Phi) is 9.62. The van der Waals surface area contributed by atoms with Crippen LogP contribution >= 0.6 is 69.6 Å². The zero-order valence-corrected chi connectivity index (χ0v) is 25.0. The first-order valence-corrected chi connectivity index (χ1v) is 14.0. The molecule has 0 radical (unpaired) electrons. The molecule has 0 fully saturated rings. The molecule has 0 aromatic heterocycles. The van der Waals surface area contributed by atoms with Crippen LogP contribution in [0.1, 0.15) is 22.3 Å². The Bertz CT molecular complexity index is 1410. The fraction of sp³-hybridized carbons (Fsp3) is 0.133. The highest BCUT2D eigenvalue weighted by molar-refractivity contribution is 6.57. The summed E-state index contributed by atoms with van der Waals surface area (Å²) in [4.78, 5) is 27.0. The molecule has 0 atom stereocenters. The van der Waals surface area contributed by atoms with Gasteiger partial charge in [-0.25, -0.2) is 9.59 Å². The lowest BCUT2D eigenvalue weighted by atomic mass is 9.86. The molecule has 206 valence electrons. The summed E-state index contributed by atoms with van der Waals surface area (Å²) in [6.45, 7) is -0.548. The Morgan fingerprint density at radius 2 is 0.900 bits per heavy atom. The van der Waals surface area contributed by atoms with Crippen molar-refractivity contribution in [2.45, 2.75) is 14.3 Å². The molecule has 0 aliphatic rings. The molecule has 10 heteroatoms.